The fraction of sp³-hybridized carbons (Fsp3) is 0.769. The molecule has 0 saturated carbocycles. The molecule has 0 N–H and O–H groups in total. The predicted molar refractivity (Wildman–Crippen MR) is 140 cm³/mol. The molecule has 0 aromatic rings. The minimum atomic E-state index is 0. The lowest BCUT2D eigenvalue weighted by molar-refractivity contribution is 0.548. The maximum Gasteiger partial charge on any atom is 0.00576 e. The summed E-state index contributed by atoms with van der Waals surface area (Å²) < 4.78 is 0. The number of hydrogen-bond acceptors (Lipinski definition) is 0. The Balaban J connectivity index is -0.000000111. The van der Waals surface area contributed by atoms with Crippen LogP contribution < -0.4 is 0 Å². The zero-order valence-electron chi connectivity index (χ0n) is 19.5. The molecule has 0 spiro atoms. The first kappa shape index (κ1) is 38.1. The second-order valence-corrected chi connectivity index (χ2v) is 6.93. The monoisotopic (exact) mass is 428 g/mol. The van der Waals surface area contributed by atoms with Gasteiger partial charge in [-0.15, -0.1) is 58.7 Å². The van der Waals surface area contributed by atoms with Crippen LogP contribution >= 0.6 is 21.6 Å². The Morgan fingerprint density at radius 1 is 0.500 bits per heavy atom. The van der Waals surface area contributed by atoms with Crippen molar-refractivity contribution in [2.75, 3.05) is 6.16 Å². The number of hydrogen-bond donors (Lipinski definition) is 0. The SMILES string of the molecule is C#CCC.C#CCC.C#CCC.CCCCCCCCCCCCCCP.Cl. The Kier molecular flexibility index (Phi) is 68.4. The van der Waals surface area contributed by atoms with Gasteiger partial charge in [0.25, 0.3) is 0 Å². The molecule has 0 saturated heterocycles. The van der Waals surface area contributed by atoms with Crippen LogP contribution in [0.25, 0.3) is 0 Å². The van der Waals surface area contributed by atoms with Crippen molar-refractivity contribution in [3.63, 3.8) is 0 Å². The van der Waals surface area contributed by atoms with Gasteiger partial charge in [0.2, 0.25) is 0 Å². The van der Waals surface area contributed by atoms with Crippen LogP contribution in [0.1, 0.15) is 124 Å². The van der Waals surface area contributed by atoms with Crippen LogP contribution in [-0.2, 0) is 0 Å². The number of unbranched alkanes of at least 4 members (excludes halogenated alkanes) is 11. The summed E-state index contributed by atoms with van der Waals surface area (Å²) in [5.41, 5.74) is 0. The molecule has 28 heavy (non-hydrogen) atoms. The molecule has 0 fully saturated rings. The summed E-state index contributed by atoms with van der Waals surface area (Å²) in [7, 11) is 2.81. The maximum atomic E-state index is 4.78. The second kappa shape index (κ2) is 50.3. The van der Waals surface area contributed by atoms with Crippen LogP contribution in [0.2, 0.25) is 0 Å². The number of rotatable bonds is 12. The second-order valence-electron chi connectivity index (χ2n) is 6.35. The summed E-state index contributed by atoms with van der Waals surface area (Å²) in [5, 5.41) is 0. The third-order valence-electron chi connectivity index (χ3n) is 3.67. The molecule has 0 heterocycles. The van der Waals surface area contributed by atoms with Gasteiger partial charge in [-0.05, 0) is 12.6 Å². The lowest BCUT2D eigenvalue weighted by Gasteiger charge is -2.01. The van der Waals surface area contributed by atoms with Crippen molar-refractivity contribution in [2.24, 2.45) is 0 Å². The molecule has 0 bridgehead atoms. The Morgan fingerprint density at radius 2 is 0.714 bits per heavy atom. The van der Waals surface area contributed by atoms with Crippen molar-refractivity contribution in [2.45, 2.75) is 124 Å². The van der Waals surface area contributed by atoms with Crippen molar-refractivity contribution >= 4 is 21.6 Å². The van der Waals surface area contributed by atoms with Gasteiger partial charge in [0, 0.05) is 19.3 Å². The highest BCUT2D eigenvalue weighted by Crippen LogP contribution is 2.12. The summed E-state index contributed by atoms with van der Waals surface area (Å²) in [6.07, 6.45) is 35.6. The topological polar surface area (TPSA) is 0 Å². The van der Waals surface area contributed by atoms with Gasteiger partial charge in [-0.3, -0.25) is 0 Å². The Labute approximate surface area is 188 Å². The summed E-state index contributed by atoms with van der Waals surface area (Å²) in [5.74, 6) is 7.29. The highest BCUT2D eigenvalue weighted by molar-refractivity contribution is 7.16. The van der Waals surface area contributed by atoms with E-state index in [9.17, 15) is 0 Å². The molecule has 0 amide bonds. The predicted octanol–water partition coefficient (Wildman–Crippen LogP) is 9.07. The fourth-order valence-electron chi connectivity index (χ4n) is 1.99. The third kappa shape index (κ3) is 72.9. The molecule has 0 aliphatic heterocycles. The van der Waals surface area contributed by atoms with Gasteiger partial charge in [-0.1, -0.05) is 98.3 Å². The Morgan fingerprint density at radius 3 is 0.893 bits per heavy atom. The quantitative estimate of drug-likeness (QED) is 0.165. The molecule has 1 unspecified atom stereocenters. The van der Waals surface area contributed by atoms with E-state index in [4.69, 9.17) is 19.3 Å². The van der Waals surface area contributed by atoms with Crippen molar-refractivity contribution in [1.29, 1.82) is 0 Å². The van der Waals surface area contributed by atoms with E-state index in [1.54, 1.807) is 0 Å². The van der Waals surface area contributed by atoms with E-state index in [2.05, 4.69) is 33.9 Å². The minimum Gasteiger partial charge on any atom is -0.147 e. The standard InChI is InChI=1S/C14H31P.3C4H6.ClH/c1-2-3-4-5-6-7-8-9-10-11-12-13-14-15;3*1-3-4-2;/h2-15H2,1H3;3*1H,4H2,2H3;1H. The number of halogens is 1. The van der Waals surface area contributed by atoms with Crippen LogP contribution in [0.4, 0.5) is 0 Å². The maximum absolute atomic E-state index is 4.78. The fourth-order valence-corrected chi connectivity index (χ4v) is 2.27. The van der Waals surface area contributed by atoms with Crippen molar-refractivity contribution in [3.8, 4) is 37.0 Å². The van der Waals surface area contributed by atoms with Crippen LogP contribution in [0.15, 0.2) is 0 Å². The average Bonchev–Trinajstić information content (AvgIpc) is 2.72. The van der Waals surface area contributed by atoms with Crippen LogP contribution in [0.3, 0.4) is 0 Å². The van der Waals surface area contributed by atoms with Gasteiger partial charge in [0.1, 0.15) is 0 Å². The van der Waals surface area contributed by atoms with E-state index in [1.807, 2.05) is 20.8 Å². The lowest BCUT2D eigenvalue weighted by Crippen LogP contribution is -1.82. The highest BCUT2D eigenvalue weighted by atomic mass is 35.5. The molecular formula is C26H50ClP. The average molecular weight is 429 g/mol. The third-order valence-corrected chi connectivity index (χ3v) is 4.08. The summed E-state index contributed by atoms with van der Waals surface area (Å²) >= 11 is 0. The van der Waals surface area contributed by atoms with Gasteiger partial charge >= 0.3 is 0 Å². The molecule has 0 aliphatic carbocycles. The van der Waals surface area contributed by atoms with Gasteiger partial charge in [-0.2, -0.15) is 0 Å². The molecule has 0 rings (SSSR count). The van der Waals surface area contributed by atoms with Gasteiger partial charge in [-0.25, -0.2) is 0 Å². The molecule has 0 aromatic heterocycles. The molecule has 0 radical (unpaired) electrons. The first-order valence-corrected chi connectivity index (χ1v) is 12.0. The zero-order chi connectivity index (χ0) is 21.4. The zero-order valence-corrected chi connectivity index (χ0v) is 21.5. The van der Waals surface area contributed by atoms with Crippen LogP contribution in [0, 0.1) is 37.0 Å². The van der Waals surface area contributed by atoms with Crippen molar-refractivity contribution in [1.82, 2.24) is 0 Å². The summed E-state index contributed by atoms with van der Waals surface area (Å²) in [4.78, 5) is 0. The molecule has 0 nitrogen and oxygen atoms in total. The Bertz CT molecular complexity index is 285. The largest absolute Gasteiger partial charge is 0.147 e. The minimum absolute atomic E-state index is 0. The lowest BCUT2D eigenvalue weighted by atomic mass is 10.1. The summed E-state index contributed by atoms with van der Waals surface area (Å²) in [6, 6.07) is 0. The first-order chi connectivity index (χ1) is 13.2. The number of terminal acetylenes is 3. The molecule has 166 valence electrons. The Hall–Kier alpha value is -0.600. The van der Waals surface area contributed by atoms with E-state index < -0.39 is 0 Å². The van der Waals surface area contributed by atoms with Gasteiger partial charge in [0.05, 0.1) is 0 Å². The molecule has 0 aromatic carbocycles. The molecular weight excluding hydrogens is 379 g/mol. The van der Waals surface area contributed by atoms with E-state index in [0.29, 0.717) is 0 Å². The van der Waals surface area contributed by atoms with E-state index >= 15 is 0 Å². The van der Waals surface area contributed by atoms with Crippen molar-refractivity contribution < 1.29 is 0 Å². The first-order valence-electron chi connectivity index (χ1n) is 11.2. The highest BCUT2D eigenvalue weighted by Gasteiger charge is 1.92. The van der Waals surface area contributed by atoms with Crippen LogP contribution in [0.5, 0.6) is 0 Å². The van der Waals surface area contributed by atoms with E-state index in [1.165, 1.54) is 83.2 Å². The van der Waals surface area contributed by atoms with E-state index in [0.717, 1.165) is 19.3 Å². The molecule has 1 atom stereocenters. The molecule has 2 heteroatoms. The normalized spacial score (nSPS) is 7.93. The van der Waals surface area contributed by atoms with Crippen molar-refractivity contribution in [3.05, 3.63) is 0 Å². The van der Waals surface area contributed by atoms with Gasteiger partial charge < -0.3 is 0 Å². The summed E-state index contributed by atoms with van der Waals surface area (Å²) in [6.45, 7) is 8.12. The van der Waals surface area contributed by atoms with E-state index in [-0.39, 0.29) is 12.4 Å². The molecule has 0 aliphatic rings. The van der Waals surface area contributed by atoms with Gasteiger partial charge in [0.15, 0.2) is 0 Å². The van der Waals surface area contributed by atoms with Crippen LogP contribution in [-0.4, -0.2) is 6.16 Å². The smallest absolute Gasteiger partial charge is 0.00576 e.